The first kappa shape index (κ1) is 21.7. The van der Waals surface area contributed by atoms with Crippen molar-refractivity contribution in [2.75, 3.05) is 25.1 Å². The Morgan fingerprint density at radius 2 is 2.19 bits per heavy atom. The van der Waals surface area contributed by atoms with Gasteiger partial charge in [-0.15, -0.1) is 12.4 Å². The van der Waals surface area contributed by atoms with E-state index >= 15 is 0 Å². The van der Waals surface area contributed by atoms with Crippen LogP contribution in [0.3, 0.4) is 0 Å². The van der Waals surface area contributed by atoms with Gasteiger partial charge >= 0.3 is 0 Å². The van der Waals surface area contributed by atoms with E-state index in [1.54, 1.807) is 4.68 Å². The van der Waals surface area contributed by atoms with Crippen molar-refractivity contribution in [2.24, 2.45) is 0 Å². The molecule has 2 aromatic rings. The van der Waals surface area contributed by atoms with Crippen LogP contribution in [-0.2, 0) is 14.9 Å². The van der Waals surface area contributed by atoms with Crippen LogP contribution in [0.4, 0.5) is 5.82 Å². The third-order valence-electron chi connectivity index (χ3n) is 4.23. The lowest BCUT2D eigenvalue weighted by Crippen LogP contribution is -2.43. The maximum Gasteiger partial charge on any atom is 0.227 e. The van der Waals surface area contributed by atoms with E-state index in [0.717, 1.165) is 17.9 Å². The number of nitrogens with zero attached hydrogens (tertiary/aromatic N) is 2. The van der Waals surface area contributed by atoms with Crippen molar-refractivity contribution in [2.45, 2.75) is 38.6 Å². The molecule has 2 heterocycles. The van der Waals surface area contributed by atoms with Crippen molar-refractivity contribution in [1.82, 2.24) is 15.1 Å². The van der Waals surface area contributed by atoms with Gasteiger partial charge in [0.25, 0.3) is 0 Å². The molecule has 3 rings (SSSR count). The molecule has 0 spiro atoms. The Balaban J connectivity index is 0.00000261. The van der Waals surface area contributed by atoms with Crippen molar-refractivity contribution in [3.05, 3.63) is 41.0 Å². The van der Waals surface area contributed by atoms with Crippen molar-refractivity contribution in [1.29, 1.82) is 0 Å². The van der Waals surface area contributed by atoms with Crippen LogP contribution in [0.1, 0.15) is 32.9 Å². The molecule has 1 aliphatic rings. The average molecular weight is 413 g/mol. The zero-order valence-corrected chi connectivity index (χ0v) is 17.4. The number of hydrogen-bond donors (Lipinski definition) is 2. The first-order valence-electron chi connectivity index (χ1n) is 8.80. The predicted molar refractivity (Wildman–Crippen MR) is 110 cm³/mol. The third-order valence-corrected chi connectivity index (χ3v) is 4.46. The number of halogens is 2. The Hall–Kier alpha value is -1.60. The van der Waals surface area contributed by atoms with Crippen molar-refractivity contribution < 1.29 is 9.53 Å². The van der Waals surface area contributed by atoms with E-state index in [1.165, 1.54) is 0 Å². The SMILES string of the molecule is CC(C)(C)c1cc(NC(=O)CC2COCCN2)n(-c2cccc(Cl)c2)n1.Cl. The zero-order valence-electron chi connectivity index (χ0n) is 15.8. The molecule has 1 aliphatic heterocycles. The van der Waals surface area contributed by atoms with Crippen LogP contribution in [-0.4, -0.2) is 41.5 Å². The predicted octanol–water partition coefficient (Wildman–Crippen LogP) is 3.56. The van der Waals surface area contributed by atoms with Crippen molar-refractivity contribution in [3.8, 4) is 5.69 Å². The van der Waals surface area contributed by atoms with E-state index < -0.39 is 0 Å². The van der Waals surface area contributed by atoms with E-state index in [0.29, 0.717) is 30.5 Å². The normalized spacial score (nSPS) is 17.3. The highest BCUT2D eigenvalue weighted by atomic mass is 35.5. The summed E-state index contributed by atoms with van der Waals surface area (Å²) in [6.45, 7) is 8.28. The highest BCUT2D eigenvalue weighted by molar-refractivity contribution is 6.30. The lowest BCUT2D eigenvalue weighted by Gasteiger charge is -2.23. The number of amides is 1. The molecular formula is C19H26Cl2N4O2. The smallest absolute Gasteiger partial charge is 0.227 e. The second kappa shape index (κ2) is 9.06. The van der Waals surface area contributed by atoms with Gasteiger partial charge in [-0.25, -0.2) is 4.68 Å². The molecule has 1 aromatic carbocycles. The van der Waals surface area contributed by atoms with Crippen LogP contribution in [0, 0.1) is 0 Å². The summed E-state index contributed by atoms with van der Waals surface area (Å²) in [5, 5.41) is 11.6. The first-order valence-corrected chi connectivity index (χ1v) is 9.18. The monoisotopic (exact) mass is 412 g/mol. The van der Waals surface area contributed by atoms with Crippen LogP contribution < -0.4 is 10.6 Å². The number of carbonyl (C=O) groups is 1. The number of carbonyl (C=O) groups excluding carboxylic acids is 1. The van der Waals surface area contributed by atoms with Gasteiger partial charge in [-0.1, -0.05) is 38.4 Å². The maximum atomic E-state index is 12.5. The fraction of sp³-hybridized carbons (Fsp3) is 0.474. The molecule has 2 N–H and O–H groups in total. The molecule has 27 heavy (non-hydrogen) atoms. The summed E-state index contributed by atoms with van der Waals surface area (Å²) in [6.07, 6.45) is 0.353. The lowest BCUT2D eigenvalue weighted by molar-refractivity contribution is -0.117. The minimum absolute atomic E-state index is 0. The number of rotatable bonds is 4. The van der Waals surface area contributed by atoms with Crippen LogP contribution in [0.2, 0.25) is 5.02 Å². The minimum Gasteiger partial charge on any atom is -0.378 e. The molecule has 0 radical (unpaired) electrons. The Morgan fingerprint density at radius 3 is 2.81 bits per heavy atom. The number of benzene rings is 1. The molecule has 0 aliphatic carbocycles. The molecule has 1 aromatic heterocycles. The van der Waals surface area contributed by atoms with Gasteiger partial charge in [0, 0.05) is 35.5 Å². The Kier molecular flexibility index (Phi) is 7.28. The molecule has 1 amide bonds. The van der Waals surface area contributed by atoms with Crippen LogP contribution >= 0.6 is 24.0 Å². The molecule has 6 nitrogen and oxygen atoms in total. The number of aromatic nitrogens is 2. The van der Waals surface area contributed by atoms with Gasteiger partial charge in [-0.2, -0.15) is 5.10 Å². The summed E-state index contributed by atoms with van der Waals surface area (Å²) in [5.41, 5.74) is 1.57. The lowest BCUT2D eigenvalue weighted by atomic mass is 9.92. The molecule has 1 saturated heterocycles. The highest BCUT2D eigenvalue weighted by Crippen LogP contribution is 2.27. The van der Waals surface area contributed by atoms with E-state index in [-0.39, 0.29) is 29.8 Å². The number of nitrogens with one attached hydrogen (secondary N) is 2. The first-order chi connectivity index (χ1) is 12.3. The van der Waals surface area contributed by atoms with E-state index in [2.05, 4.69) is 31.4 Å². The fourth-order valence-corrected chi connectivity index (χ4v) is 2.99. The number of hydrogen-bond acceptors (Lipinski definition) is 4. The molecule has 1 unspecified atom stereocenters. The van der Waals surface area contributed by atoms with Crippen LogP contribution in [0.25, 0.3) is 5.69 Å². The molecule has 1 atom stereocenters. The Labute approximate surface area is 171 Å². The Morgan fingerprint density at radius 1 is 1.41 bits per heavy atom. The number of anilines is 1. The summed E-state index contributed by atoms with van der Waals surface area (Å²) in [5.74, 6) is 0.565. The topological polar surface area (TPSA) is 68.2 Å². The summed E-state index contributed by atoms with van der Waals surface area (Å²) in [7, 11) is 0. The highest BCUT2D eigenvalue weighted by Gasteiger charge is 2.23. The quantitative estimate of drug-likeness (QED) is 0.805. The van der Waals surface area contributed by atoms with Crippen LogP contribution in [0.15, 0.2) is 30.3 Å². The summed E-state index contributed by atoms with van der Waals surface area (Å²) >= 11 is 6.13. The van der Waals surface area contributed by atoms with Gasteiger partial charge in [0.15, 0.2) is 0 Å². The van der Waals surface area contributed by atoms with E-state index in [4.69, 9.17) is 21.4 Å². The molecule has 0 saturated carbocycles. The second-order valence-electron chi connectivity index (χ2n) is 7.53. The van der Waals surface area contributed by atoms with Gasteiger partial charge < -0.3 is 15.4 Å². The standard InChI is InChI=1S/C19H25ClN4O2.ClH/c1-19(2,3)16-11-17(22-18(25)10-14-12-26-8-7-21-14)24(23-16)15-6-4-5-13(20)9-15;/h4-6,9,11,14,21H,7-8,10,12H2,1-3H3,(H,22,25);1H. The van der Waals surface area contributed by atoms with Crippen molar-refractivity contribution >= 4 is 35.7 Å². The van der Waals surface area contributed by atoms with Crippen LogP contribution in [0.5, 0.6) is 0 Å². The number of morpholine rings is 1. The van der Waals surface area contributed by atoms with Gasteiger partial charge in [0.2, 0.25) is 5.91 Å². The fourth-order valence-electron chi connectivity index (χ4n) is 2.81. The molecule has 148 valence electrons. The van der Waals surface area contributed by atoms with Gasteiger partial charge in [0.05, 0.1) is 24.6 Å². The molecular weight excluding hydrogens is 387 g/mol. The van der Waals surface area contributed by atoms with Gasteiger partial charge in [-0.3, -0.25) is 4.79 Å². The zero-order chi connectivity index (χ0) is 18.7. The summed E-state index contributed by atoms with van der Waals surface area (Å²) < 4.78 is 7.14. The largest absolute Gasteiger partial charge is 0.378 e. The van der Waals surface area contributed by atoms with E-state index in [1.807, 2.05) is 30.3 Å². The summed E-state index contributed by atoms with van der Waals surface area (Å²) in [4.78, 5) is 12.5. The second-order valence-corrected chi connectivity index (χ2v) is 7.97. The van der Waals surface area contributed by atoms with Crippen molar-refractivity contribution in [3.63, 3.8) is 0 Å². The number of ether oxygens (including phenoxy) is 1. The molecule has 0 bridgehead atoms. The minimum atomic E-state index is -0.137. The summed E-state index contributed by atoms with van der Waals surface area (Å²) in [6, 6.07) is 9.37. The maximum absolute atomic E-state index is 12.5. The molecule has 8 heteroatoms. The van der Waals surface area contributed by atoms with Gasteiger partial charge in [0.1, 0.15) is 5.82 Å². The van der Waals surface area contributed by atoms with E-state index in [9.17, 15) is 4.79 Å². The third kappa shape index (κ3) is 5.69. The average Bonchev–Trinajstić information content (AvgIpc) is 2.99. The molecule has 1 fully saturated rings. The Bertz CT molecular complexity index is 780. The van der Waals surface area contributed by atoms with Gasteiger partial charge in [-0.05, 0) is 18.2 Å².